The average Bonchev–Trinajstić information content (AvgIpc) is 2.68. The van der Waals surface area contributed by atoms with Crippen LogP contribution in [-0.4, -0.2) is 50.0 Å². The molecule has 4 heteroatoms. The summed E-state index contributed by atoms with van der Waals surface area (Å²) in [5.74, 6) is 8.79. The normalized spacial score (nSPS) is 11.9. The maximum atomic E-state index is 6.15. The number of halogens is 2. The number of alkyl halides is 2. The Kier molecular flexibility index (Phi) is 19.1. The van der Waals surface area contributed by atoms with Gasteiger partial charge in [-0.3, -0.25) is 0 Å². The fourth-order valence-electron chi connectivity index (χ4n) is 4.27. The molecule has 0 rings (SSSR count). The van der Waals surface area contributed by atoms with Crippen LogP contribution in [0.4, 0.5) is 0 Å². The molecule has 0 aromatic heterocycles. The molecule has 0 unspecified atom stereocenters. The lowest BCUT2D eigenvalue weighted by Gasteiger charge is -2.36. The molecule has 0 bridgehead atoms. The van der Waals surface area contributed by atoms with Crippen LogP contribution < -0.4 is 9.80 Å². The molecule has 0 aliphatic carbocycles. The quantitative estimate of drug-likeness (QED) is 0.183. The van der Waals surface area contributed by atoms with E-state index in [0.29, 0.717) is 11.8 Å². The molecule has 2 N–H and O–H groups in total. The predicted octanol–water partition coefficient (Wildman–Crippen LogP) is 3.96. The van der Waals surface area contributed by atoms with Crippen LogP contribution in [0.15, 0.2) is 0 Å². The van der Waals surface area contributed by atoms with Crippen molar-refractivity contribution in [1.29, 1.82) is 0 Å². The molecule has 0 radical (unpaired) electrons. The number of hydrogen-bond acceptors (Lipinski definition) is 0. The van der Waals surface area contributed by atoms with Crippen LogP contribution in [0.5, 0.6) is 0 Å². The second-order valence-electron chi connectivity index (χ2n) is 8.21. The molecule has 0 amide bonds. The van der Waals surface area contributed by atoms with Gasteiger partial charge in [0.2, 0.25) is 0 Å². The Balaban J connectivity index is 5.30. The summed E-state index contributed by atoms with van der Waals surface area (Å²) in [6.45, 7) is 14.5. The van der Waals surface area contributed by atoms with Gasteiger partial charge in [0.15, 0.2) is 5.54 Å². The fraction of sp³-hybridized carbons (Fsp3) is 0.917. The van der Waals surface area contributed by atoms with Gasteiger partial charge >= 0.3 is 0 Å². The first-order chi connectivity index (χ1) is 13.6. The van der Waals surface area contributed by atoms with E-state index in [1.807, 2.05) is 0 Å². The summed E-state index contributed by atoms with van der Waals surface area (Å²) in [6.07, 6.45) is 12.5. The second kappa shape index (κ2) is 19.0. The van der Waals surface area contributed by atoms with E-state index in [1.165, 1.54) is 56.5 Å². The van der Waals surface area contributed by atoms with Crippen LogP contribution in [0.3, 0.4) is 0 Å². The average molecular weight is 436 g/mol. The summed E-state index contributed by atoms with van der Waals surface area (Å²) < 4.78 is 0. The third kappa shape index (κ3) is 11.9. The summed E-state index contributed by atoms with van der Waals surface area (Å²) >= 11 is 12.3. The Morgan fingerprint density at radius 2 is 1.18 bits per heavy atom. The topological polar surface area (TPSA) is 8.88 Å². The Morgan fingerprint density at radius 3 is 1.57 bits per heavy atom. The zero-order valence-electron chi connectivity index (χ0n) is 19.3. The zero-order chi connectivity index (χ0) is 21.1. The van der Waals surface area contributed by atoms with E-state index in [1.54, 1.807) is 4.90 Å². The van der Waals surface area contributed by atoms with Gasteiger partial charge in [-0.05, 0) is 50.4 Å². The van der Waals surface area contributed by atoms with Gasteiger partial charge in [-0.15, -0.1) is 23.2 Å². The van der Waals surface area contributed by atoms with Crippen LogP contribution in [0.25, 0.3) is 0 Å². The third-order valence-corrected chi connectivity index (χ3v) is 6.13. The Morgan fingerprint density at radius 1 is 0.679 bits per heavy atom. The van der Waals surface area contributed by atoms with Gasteiger partial charge < -0.3 is 9.80 Å². The van der Waals surface area contributed by atoms with E-state index in [9.17, 15) is 0 Å². The van der Waals surface area contributed by atoms with Crippen LogP contribution >= 0.6 is 23.2 Å². The third-order valence-electron chi connectivity index (χ3n) is 5.76. The fourth-order valence-corrected chi connectivity index (χ4v) is 4.72. The molecule has 2 nitrogen and oxygen atoms in total. The monoisotopic (exact) mass is 434 g/mol. The number of rotatable bonds is 18. The van der Waals surface area contributed by atoms with Crippen molar-refractivity contribution in [2.24, 2.45) is 0 Å². The summed E-state index contributed by atoms with van der Waals surface area (Å²) in [4.78, 5) is 3.17. The molecule has 0 aliphatic heterocycles. The first kappa shape index (κ1) is 28.1. The van der Waals surface area contributed by atoms with Gasteiger partial charge in [0.1, 0.15) is 6.54 Å². The number of nitrogens with one attached hydrogen (secondary N) is 2. The Bertz CT molecular complexity index is 381. The Hall–Kier alpha value is 0.0600. The van der Waals surface area contributed by atoms with Crippen molar-refractivity contribution < 1.29 is 9.80 Å². The van der Waals surface area contributed by atoms with Crippen LogP contribution in [-0.2, 0) is 0 Å². The Labute approximate surface area is 186 Å². The molecule has 0 aromatic carbocycles. The molecule has 166 valence electrons. The highest BCUT2D eigenvalue weighted by Crippen LogP contribution is 2.15. The van der Waals surface area contributed by atoms with Gasteiger partial charge in [0.05, 0.1) is 37.9 Å². The summed E-state index contributed by atoms with van der Waals surface area (Å²) in [7, 11) is 0. The highest BCUT2D eigenvalue weighted by atomic mass is 35.5. The van der Waals surface area contributed by atoms with Gasteiger partial charge in [0, 0.05) is 12.8 Å². The molecular weight excluding hydrogens is 387 g/mol. The van der Waals surface area contributed by atoms with Gasteiger partial charge in [-0.1, -0.05) is 40.5 Å². The smallest absolute Gasteiger partial charge is 0.159 e. The highest BCUT2D eigenvalue weighted by molar-refractivity contribution is 6.18. The van der Waals surface area contributed by atoms with Crippen molar-refractivity contribution >= 4 is 23.2 Å². The molecule has 0 saturated heterocycles. The first-order valence-corrected chi connectivity index (χ1v) is 13.0. The minimum atomic E-state index is 0.0191. The van der Waals surface area contributed by atoms with E-state index in [0.717, 1.165) is 45.3 Å². The maximum Gasteiger partial charge on any atom is 0.159 e. The molecule has 0 aromatic rings. The van der Waals surface area contributed by atoms with Gasteiger partial charge in [0.25, 0.3) is 0 Å². The molecular formula is C24H48Cl2N2+2. The number of unbranched alkanes of at least 4 members (excludes halogenated alkanes) is 4. The van der Waals surface area contributed by atoms with E-state index in [-0.39, 0.29) is 5.54 Å². The zero-order valence-corrected chi connectivity index (χ0v) is 20.8. The molecule has 0 aliphatic rings. The number of hydrogen-bond donors (Lipinski definition) is 2. The molecule has 28 heavy (non-hydrogen) atoms. The molecule has 0 atom stereocenters. The van der Waals surface area contributed by atoms with Crippen molar-refractivity contribution in [3.63, 3.8) is 0 Å². The van der Waals surface area contributed by atoms with Crippen molar-refractivity contribution in [2.75, 3.05) is 44.5 Å². The lowest BCUT2D eigenvalue weighted by atomic mass is 9.87. The van der Waals surface area contributed by atoms with Gasteiger partial charge in [-0.2, -0.15) is 0 Å². The van der Waals surface area contributed by atoms with Crippen LogP contribution in [0.1, 0.15) is 91.9 Å². The van der Waals surface area contributed by atoms with Gasteiger partial charge in [-0.25, -0.2) is 0 Å². The minimum Gasteiger partial charge on any atom is -0.325 e. The SMILES string of the molecule is CCCCC[NH+](CC#CC(CCC)(CCC)[NH+](CCCl)CCCl)CCCCC. The number of quaternary nitrogens is 2. The summed E-state index contributed by atoms with van der Waals surface area (Å²) in [5, 5.41) is 0. The van der Waals surface area contributed by atoms with Crippen LogP contribution in [0, 0.1) is 11.8 Å². The van der Waals surface area contributed by atoms with Crippen molar-refractivity contribution in [2.45, 2.75) is 97.4 Å². The highest BCUT2D eigenvalue weighted by Gasteiger charge is 2.37. The van der Waals surface area contributed by atoms with E-state index >= 15 is 0 Å². The van der Waals surface area contributed by atoms with E-state index in [4.69, 9.17) is 23.2 Å². The van der Waals surface area contributed by atoms with E-state index < -0.39 is 0 Å². The maximum absolute atomic E-state index is 6.15. The lowest BCUT2D eigenvalue weighted by molar-refractivity contribution is -0.940. The molecule has 0 fully saturated rings. The molecule has 0 saturated carbocycles. The lowest BCUT2D eigenvalue weighted by Crippen LogP contribution is -3.20. The first-order valence-electron chi connectivity index (χ1n) is 11.9. The predicted molar refractivity (Wildman–Crippen MR) is 127 cm³/mol. The minimum absolute atomic E-state index is 0.0191. The van der Waals surface area contributed by atoms with Crippen LogP contribution in [0.2, 0.25) is 0 Å². The standard InChI is InChI=1S/C24H46Cl2N2/c1-5-9-11-19-27(20-12-10-6-2)21-13-16-24(14-7-3,15-8-4)28(22-17-25)23-18-26/h5-12,14-15,17-23H2,1-4H3/p+2. The van der Waals surface area contributed by atoms with Crippen molar-refractivity contribution in [3.05, 3.63) is 0 Å². The second-order valence-corrected chi connectivity index (χ2v) is 8.96. The van der Waals surface area contributed by atoms with Crippen molar-refractivity contribution in [3.8, 4) is 11.8 Å². The summed E-state index contributed by atoms with van der Waals surface area (Å²) in [6, 6.07) is 0. The summed E-state index contributed by atoms with van der Waals surface area (Å²) in [5.41, 5.74) is 0.0191. The van der Waals surface area contributed by atoms with Crippen molar-refractivity contribution in [1.82, 2.24) is 0 Å². The van der Waals surface area contributed by atoms with E-state index in [2.05, 4.69) is 39.5 Å². The molecule has 0 spiro atoms. The molecule has 0 heterocycles. The largest absolute Gasteiger partial charge is 0.325 e.